The van der Waals surface area contributed by atoms with Crippen LogP contribution in [-0.4, -0.2) is 10.5 Å². The molecule has 0 aliphatic rings. The lowest BCUT2D eigenvalue weighted by molar-refractivity contribution is 0.0940. The Bertz CT molecular complexity index is 1780. The van der Waals surface area contributed by atoms with Gasteiger partial charge in [-0.1, -0.05) is 99.7 Å². The van der Waals surface area contributed by atoms with Crippen molar-refractivity contribution in [1.29, 1.82) is 0 Å². The first-order valence-corrected chi connectivity index (χ1v) is 14.8. The van der Waals surface area contributed by atoms with E-state index in [0.717, 1.165) is 34.1 Å². The molecule has 5 aromatic rings. The molecule has 3 nitrogen and oxygen atoms in total. The molecule has 0 unspecified atom stereocenters. The smallest absolute Gasteiger partial charge is 0.251 e. The van der Waals surface area contributed by atoms with Crippen LogP contribution in [0.3, 0.4) is 0 Å². The Morgan fingerprint density at radius 1 is 0.881 bits per heavy atom. The van der Waals surface area contributed by atoms with Gasteiger partial charge in [0.2, 0.25) is 0 Å². The van der Waals surface area contributed by atoms with Gasteiger partial charge in [-0.2, -0.15) is 0 Å². The summed E-state index contributed by atoms with van der Waals surface area (Å²) in [7, 11) is 0. The van der Waals surface area contributed by atoms with Gasteiger partial charge < -0.3 is 9.88 Å². The van der Waals surface area contributed by atoms with Gasteiger partial charge in [-0.15, -0.1) is 0 Å². The second-order valence-corrected chi connectivity index (χ2v) is 12.6. The number of hydrogen-bond donors (Lipinski definition) is 1. The summed E-state index contributed by atoms with van der Waals surface area (Å²) in [6.07, 6.45) is 0. The van der Waals surface area contributed by atoms with E-state index in [1.807, 2.05) is 44.2 Å². The zero-order valence-corrected chi connectivity index (χ0v) is 26.0. The highest BCUT2D eigenvalue weighted by molar-refractivity contribution is 5.99. The highest BCUT2D eigenvalue weighted by atomic mass is 16.1. The Kier molecular flexibility index (Phi) is 7.97. The monoisotopic (exact) mass is 554 g/mol. The third kappa shape index (κ3) is 5.83. The molecule has 0 bridgehead atoms. The maximum absolute atomic E-state index is 13.3. The van der Waals surface area contributed by atoms with Crippen LogP contribution in [0, 0.1) is 13.8 Å². The van der Waals surface area contributed by atoms with E-state index in [1.165, 1.54) is 33.5 Å². The zero-order valence-electron chi connectivity index (χ0n) is 26.0. The summed E-state index contributed by atoms with van der Waals surface area (Å²) < 4.78 is 2.36. The predicted molar refractivity (Wildman–Crippen MR) is 178 cm³/mol. The number of nitrogens with one attached hydrogen (secondary N) is 1. The minimum atomic E-state index is -0.113. The first kappa shape index (κ1) is 29.1. The van der Waals surface area contributed by atoms with Gasteiger partial charge in [0.15, 0.2) is 0 Å². The lowest BCUT2D eigenvalue weighted by atomic mass is 9.82. The Morgan fingerprint density at radius 2 is 1.60 bits per heavy atom. The molecule has 0 radical (unpaired) electrons. The van der Waals surface area contributed by atoms with Crippen molar-refractivity contribution in [3.63, 3.8) is 0 Å². The van der Waals surface area contributed by atoms with Gasteiger partial charge >= 0.3 is 0 Å². The van der Waals surface area contributed by atoms with Crippen LogP contribution in [0.5, 0.6) is 0 Å². The number of benzene rings is 4. The van der Waals surface area contributed by atoms with E-state index in [-0.39, 0.29) is 17.4 Å². The molecule has 1 heterocycles. The highest BCUT2D eigenvalue weighted by Gasteiger charge is 2.19. The van der Waals surface area contributed by atoms with Gasteiger partial charge in [-0.05, 0) is 96.3 Å². The number of allylic oxidation sites excluding steroid dienone is 1. The molecule has 1 amide bonds. The van der Waals surface area contributed by atoms with E-state index >= 15 is 0 Å². The number of aryl methyl sites for hydroxylation is 1. The van der Waals surface area contributed by atoms with Crippen LogP contribution in [-0.2, 0) is 12.0 Å². The third-order valence-corrected chi connectivity index (χ3v) is 8.47. The van der Waals surface area contributed by atoms with E-state index in [0.29, 0.717) is 5.56 Å². The van der Waals surface area contributed by atoms with Gasteiger partial charge in [0.25, 0.3) is 5.91 Å². The van der Waals surface area contributed by atoms with E-state index in [4.69, 9.17) is 0 Å². The maximum Gasteiger partial charge on any atom is 0.251 e. The molecule has 0 aliphatic carbocycles. The average molecular weight is 555 g/mol. The molecule has 0 saturated heterocycles. The lowest BCUT2D eigenvalue weighted by Gasteiger charge is -2.23. The molecule has 1 atom stereocenters. The second kappa shape index (κ2) is 11.5. The summed E-state index contributed by atoms with van der Waals surface area (Å²) in [6.45, 7) is 19.9. The average Bonchev–Trinajstić information content (AvgIpc) is 3.21. The van der Waals surface area contributed by atoms with Crippen molar-refractivity contribution < 1.29 is 4.79 Å². The molecule has 214 valence electrons. The third-order valence-electron chi connectivity index (χ3n) is 8.47. The number of carbonyl (C=O) groups excluding carboxylic acids is 1. The number of aromatic nitrogens is 1. The van der Waals surface area contributed by atoms with E-state index in [2.05, 4.69) is 112 Å². The molecule has 0 spiro atoms. The van der Waals surface area contributed by atoms with Crippen LogP contribution in [0.2, 0.25) is 0 Å². The fourth-order valence-electron chi connectivity index (χ4n) is 5.79. The van der Waals surface area contributed by atoms with Crippen LogP contribution in [0.4, 0.5) is 0 Å². The molecule has 0 saturated carbocycles. The molecule has 42 heavy (non-hydrogen) atoms. The van der Waals surface area contributed by atoms with Gasteiger partial charge in [0, 0.05) is 28.7 Å². The van der Waals surface area contributed by atoms with E-state index in [1.54, 1.807) is 0 Å². The van der Waals surface area contributed by atoms with E-state index < -0.39 is 0 Å². The van der Waals surface area contributed by atoms with Crippen molar-refractivity contribution in [3.05, 3.63) is 137 Å². The number of carbonyl (C=O) groups is 1. The van der Waals surface area contributed by atoms with Crippen molar-refractivity contribution in [2.24, 2.45) is 0 Å². The van der Waals surface area contributed by atoms with Crippen LogP contribution >= 0.6 is 0 Å². The van der Waals surface area contributed by atoms with Crippen molar-refractivity contribution in [3.8, 4) is 11.1 Å². The van der Waals surface area contributed by atoms with Gasteiger partial charge in [0.05, 0.1) is 6.04 Å². The summed E-state index contributed by atoms with van der Waals surface area (Å²) in [5.41, 5.74) is 12.6. The highest BCUT2D eigenvalue weighted by Crippen LogP contribution is 2.33. The van der Waals surface area contributed by atoms with Gasteiger partial charge in [-0.3, -0.25) is 4.79 Å². The molecule has 3 heteroatoms. The first-order chi connectivity index (χ1) is 19.9. The Morgan fingerprint density at radius 3 is 2.29 bits per heavy atom. The van der Waals surface area contributed by atoms with Crippen LogP contribution in [0.15, 0.2) is 97.6 Å². The molecular formula is C39H42N2O. The molecule has 5 rings (SSSR count). The van der Waals surface area contributed by atoms with Crippen molar-refractivity contribution in [2.45, 2.75) is 66.5 Å². The van der Waals surface area contributed by atoms with Crippen molar-refractivity contribution in [1.82, 2.24) is 9.88 Å². The summed E-state index contributed by atoms with van der Waals surface area (Å²) in [4.78, 5) is 13.3. The molecule has 4 aromatic carbocycles. The minimum Gasteiger partial charge on any atom is -0.346 e. The number of rotatable bonds is 7. The van der Waals surface area contributed by atoms with Gasteiger partial charge in [0.1, 0.15) is 0 Å². The van der Waals surface area contributed by atoms with Crippen LogP contribution < -0.4 is 5.32 Å². The van der Waals surface area contributed by atoms with E-state index in [9.17, 15) is 4.79 Å². The second-order valence-electron chi connectivity index (χ2n) is 12.6. The number of nitrogens with zero attached hydrogens (tertiary/aromatic N) is 1. The van der Waals surface area contributed by atoms with Crippen LogP contribution in [0.1, 0.15) is 84.5 Å². The summed E-state index contributed by atoms with van der Waals surface area (Å²) in [5.74, 6) is -0.0685. The molecule has 1 N–H and O–H groups in total. The minimum absolute atomic E-state index is 0.0685. The molecular weight excluding hydrogens is 512 g/mol. The Balaban J connectivity index is 1.37. The Hall–Kier alpha value is -4.37. The summed E-state index contributed by atoms with van der Waals surface area (Å²) in [5, 5.41) is 4.30. The number of amides is 1. The SMILES string of the molecule is C=C(C)c1cccc([C@H](C)NC(=O)c2ccc3c(c2)c(C)c(C)n3Cc2ccc(-c3ccccc3C(C)(C)C)cc2)c1. The summed E-state index contributed by atoms with van der Waals surface area (Å²) >= 11 is 0. The molecule has 0 aliphatic heterocycles. The maximum atomic E-state index is 13.3. The number of fused-ring (bicyclic) bond motifs is 1. The molecule has 0 fully saturated rings. The zero-order chi connectivity index (χ0) is 30.2. The van der Waals surface area contributed by atoms with Crippen molar-refractivity contribution >= 4 is 22.4 Å². The fourth-order valence-corrected chi connectivity index (χ4v) is 5.79. The molecule has 1 aromatic heterocycles. The predicted octanol–water partition coefficient (Wildman–Crippen LogP) is 9.80. The summed E-state index contributed by atoms with van der Waals surface area (Å²) in [6, 6.07) is 31.8. The fraction of sp³-hybridized carbons (Fsp3) is 0.256. The van der Waals surface area contributed by atoms with Gasteiger partial charge in [-0.25, -0.2) is 0 Å². The van der Waals surface area contributed by atoms with Crippen molar-refractivity contribution in [2.75, 3.05) is 0 Å². The normalized spacial score (nSPS) is 12.4. The van der Waals surface area contributed by atoms with Crippen LogP contribution in [0.25, 0.3) is 27.6 Å². The largest absolute Gasteiger partial charge is 0.346 e. The Labute approximate surface area is 250 Å². The lowest BCUT2D eigenvalue weighted by Crippen LogP contribution is -2.26. The quantitative estimate of drug-likeness (QED) is 0.213. The number of hydrogen-bond acceptors (Lipinski definition) is 1. The standard InChI is InChI=1S/C39H42N2O/c1-25(2)31-12-11-13-32(22-31)27(4)40-38(42)33-20-21-37-35(23-33)26(3)28(5)41(37)24-29-16-18-30(19-17-29)34-14-9-10-15-36(34)39(6,7)8/h9-23,27H,1,24H2,2-8H3,(H,40,42)/t27-/m0/s1. The topological polar surface area (TPSA) is 34.0 Å². The first-order valence-electron chi connectivity index (χ1n) is 14.8.